The van der Waals surface area contributed by atoms with Crippen molar-refractivity contribution in [1.29, 1.82) is 0 Å². The van der Waals surface area contributed by atoms with Crippen LogP contribution in [0.4, 0.5) is 0 Å². The molecule has 0 aliphatic carbocycles. The van der Waals surface area contributed by atoms with Gasteiger partial charge in [0.15, 0.2) is 17.5 Å². The van der Waals surface area contributed by atoms with Crippen LogP contribution in [0.15, 0.2) is 182 Å². The Labute approximate surface area is 300 Å². The summed E-state index contributed by atoms with van der Waals surface area (Å²) in [6.45, 7) is 0. The highest BCUT2D eigenvalue weighted by molar-refractivity contribution is 6.20. The maximum atomic E-state index is 5.11. The van der Waals surface area contributed by atoms with E-state index in [4.69, 9.17) is 15.0 Å². The lowest BCUT2D eigenvalue weighted by molar-refractivity contribution is 1.07. The second-order valence-corrected chi connectivity index (χ2v) is 13.1. The van der Waals surface area contributed by atoms with Gasteiger partial charge in [-0.05, 0) is 78.2 Å². The van der Waals surface area contributed by atoms with Crippen molar-refractivity contribution in [3.63, 3.8) is 0 Å². The molecule has 0 N–H and O–H groups in total. The number of fused-ring (bicyclic) bond motifs is 6. The fourth-order valence-electron chi connectivity index (χ4n) is 7.45. The number of nitrogens with zero attached hydrogens (tertiary/aromatic N) is 4. The van der Waals surface area contributed by atoms with Gasteiger partial charge in [0.25, 0.3) is 0 Å². The van der Waals surface area contributed by atoms with Gasteiger partial charge in [-0.1, -0.05) is 152 Å². The van der Waals surface area contributed by atoms with Gasteiger partial charge in [-0.3, -0.25) is 4.98 Å². The SMILES string of the molecule is c1ccc(-c2nc(-c3ccc(-c4cccc5ccccc45)cc3)nc(-c3cccc(-c4cc5c6ccncc6ccc5c5ccccc45)c3)n2)cc1. The predicted octanol–water partition coefficient (Wildman–Crippen LogP) is 12.2. The summed E-state index contributed by atoms with van der Waals surface area (Å²) in [5, 5.41) is 9.64. The molecule has 0 aliphatic rings. The van der Waals surface area contributed by atoms with Crippen LogP contribution in [0.5, 0.6) is 0 Å². The third-order valence-corrected chi connectivity index (χ3v) is 10.0. The van der Waals surface area contributed by atoms with E-state index in [1.54, 1.807) is 0 Å². The van der Waals surface area contributed by atoms with Crippen LogP contribution in [-0.4, -0.2) is 19.9 Å². The molecule has 8 aromatic carbocycles. The molecular formula is C48H30N4. The van der Waals surface area contributed by atoms with Gasteiger partial charge in [0.2, 0.25) is 0 Å². The zero-order chi connectivity index (χ0) is 34.4. The molecule has 4 heteroatoms. The van der Waals surface area contributed by atoms with Crippen LogP contribution in [0.25, 0.3) is 99.5 Å². The molecule has 0 aliphatic heterocycles. The Balaban J connectivity index is 1.12. The number of pyridine rings is 1. The van der Waals surface area contributed by atoms with Crippen molar-refractivity contribution in [3.05, 3.63) is 182 Å². The summed E-state index contributed by atoms with van der Waals surface area (Å²) < 4.78 is 0. The topological polar surface area (TPSA) is 51.6 Å². The molecule has 242 valence electrons. The first-order chi connectivity index (χ1) is 25.8. The molecule has 0 spiro atoms. The molecule has 10 aromatic rings. The minimum atomic E-state index is 0.630. The molecular weight excluding hydrogens is 633 g/mol. The van der Waals surface area contributed by atoms with E-state index in [9.17, 15) is 0 Å². The van der Waals surface area contributed by atoms with Crippen LogP contribution in [0.3, 0.4) is 0 Å². The van der Waals surface area contributed by atoms with Gasteiger partial charge in [-0.15, -0.1) is 0 Å². The molecule has 0 unspecified atom stereocenters. The first kappa shape index (κ1) is 29.8. The van der Waals surface area contributed by atoms with Crippen LogP contribution in [-0.2, 0) is 0 Å². The summed E-state index contributed by atoms with van der Waals surface area (Å²) >= 11 is 0. The molecule has 0 atom stereocenters. The van der Waals surface area contributed by atoms with Gasteiger partial charge >= 0.3 is 0 Å². The average Bonchev–Trinajstić information content (AvgIpc) is 3.23. The van der Waals surface area contributed by atoms with Crippen molar-refractivity contribution in [2.24, 2.45) is 0 Å². The van der Waals surface area contributed by atoms with Crippen molar-refractivity contribution in [2.75, 3.05) is 0 Å². The molecule has 4 nitrogen and oxygen atoms in total. The Morgan fingerprint density at radius 1 is 0.288 bits per heavy atom. The molecule has 10 rings (SSSR count). The van der Waals surface area contributed by atoms with E-state index in [1.807, 2.05) is 42.7 Å². The zero-order valence-corrected chi connectivity index (χ0v) is 28.1. The van der Waals surface area contributed by atoms with Gasteiger partial charge in [0.1, 0.15) is 0 Å². The Hall–Kier alpha value is -7.04. The van der Waals surface area contributed by atoms with Crippen molar-refractivity contribution >= 4 is 43.1 Å². The van der Waals surface area contributed by atoms with Crippen LogP contribution >= 0.6 is 0 Å². The molecule has 2 aromatic heterocycles. The van der Waals surface area contributed by atoms with Crippen LogP contribution < -0.4 is 0 Å². The standard InChI is InChI=1S/C48H30N4/c1-2-11-33(12-3-1)46-50-47(34-22-20-32(21-23-34)39-19-9-13-31-10-4-5-16-38(31)39)52-48(51-46)36-15-8-14-35(28-36)44-29-45-40-26-27-49-30-37(40)24-25-43(45)41-17-6-7-18-42(41)44/h1-30H. The Kier molecular flexibility index (Phi) is 7.10. The van der Waals surface area contributed by atoms with Gasteiger partial charge < -0.3 is 0 Å². The number of rotatable bonds is 5. The van der Waals surface area contributed by atoms with Gasteiger partial charge in [0, 0.05) is 34.5 Å². The molecule has 0 radical (unpaired) electrons. The zero-order valence-electron chi connectivity index (χ0n) is 28.1. The van der Waals surface area contributed by atoms with Crippen molar-refractivity contribution in [2.45, 2.75) is 0 Å². The third kappa shape index (κ3) is 5.17. The van der Waals surface area contributed by atoms with Crippen LogP contribution in [0.1, 0.15) is 0 Å². The van der Waals surface area contributed by atoms with Crippen LogP contribution in [0.2, 0.25) is 0 Å². The lowest BCUT2D eigenvalue weighted by atomic mass is 9.91. The van der Waals surface area contributed by atoms with Gasteiger partial charge in [-0.2, -0.15) is 0 Å². The molecule has 0 fully saturated rings. The summed E-state index contributed by atoms with van der Waals surface area (Å²) in [6.07, 6.45) is 3.81. The monoisotopic (exact) mass is 662 g/mol. The first-order valence-corrected chi connectivity index (χ1v) is 17.5. The van der Waals surface area contributed by atoms with E-state index in [2.05, 4.69) is 145 Å². The molecule has 2 heterocycles. The van der Waals surface area contributed by atoms with E-state index in [-0.39, 0.29) is 0 Å². The van der Waals surface area contributed by atoms with E-state index < -0.39 is 0 Å². The summed E-state index contributed by atoms with van der Waals surface area (Å²) in [5.74, 6) is 1.90. The quantitative estimate of drug-likeness (QED) is 0.172. The number of benzene rings is 8. The largest absolute Gasteiger partial charge is 0.264 e. The van der Waals surface area contributed by atoms with E-state index in [1.165, 1.54) is 43.3 Å². The van der Waals surface area contributed by atoms with Gasteiger partial charge in [-0.25, -0.2) is 15.0 Å². The lowest BCUT2D eigenvalue weighted by Gasteiger charge is -2.14. The van der Waals surface area contributed by atoms with Crippen LogP contribution in [0, 0.1) is 0 Å². The fraction of sp³-hybridized carbons (Fsp3) is 0. The van der Waals surface area contributed by atoms with Crippen molar-refractivity contribution in [3.8, 4) is 56.4 Å². The second-order valence-electron chi connectivity index (χ2n) is 13.1. The molecule has 0 bridgehead atoms. The molecule has 0 saturated heterocycles. The van der Waals surface area contributed by atoms with Crippen molar-refractivity contribution in [1.82, 2.24) is 19.9 Å². The van der Waals surface area contributed by atoms with Gasteiger partial charge in [0.05, 0.1) is 0 Å². The minimum absolute atomic E-state index is 0.630. The first-order valence-electron chi connectivity index (χ1n) is 17.5. The summed E-state index contributed by atoms with van der Waals surface area (Å²) in [4.78, 5) is 19.6. The molecule has 0 amide bonds. The Bertz CT molecular complexity index is 2950. The highest BCUT2D eigenvalue weighted by Crippen LogP contribution is 2.39. The van der Waals surface area contributed by atoms with E-state index >= 15 is 0 Å². The minimum Gasteiger partial charge on any atom is -0.264 e. The summed E-state index contributed by atoms with van der Waals surface area (Å²) in [5.41, 5.74) is 7.42. The molecule has 0 saturated carbocycles. The number of hydrogen-bond donors (Lipinski definition) is 0. The fourth-order valence-corrected chi connectivity index (χ4v) is 7.45. The van der Waals surface area contributed by atoms with Crippen molar-refractivity contribution < 1.29 is 0 Å². The highest BCUT2D eigenvalue weighted by Gasteiger charge is 2.16. The second kappa shape index (κ2) is 12.4. The average molecular weight is 663 g/mol. The maximum absolute atomic E-state index is 5.11. The highest BCUT2D eigenvalue weighted by atomic mass is 15.0. The van der Waals surface area contributed by atoms with E-state index in [0.717, 1.165) is 38.8 Å². The Morgan fingerprint density at radius 3 is 1.71 bits per heavy atom. The maximum Gasteiger partial charge on any atom is 0.164 e. The third-order valence-electron chi connectivity index (χ3n) is 10.0. The Morgan fingerprint density at radius 2 is 0.885 bits per heavy atom. The lowest BCUT2D eigenvalue weighted by Crippen LogP contribution is -2.00. The predicted molar refractivity (Wildman–Crippen MR) is 215 cm³/mol. The smallest absolute Gasteiger partial charge is 0.164 e. The molecule has 52 heavy (non-hydrogen) atoms. The number of aromatic nitrogens is 4. The summed E-state index contributed by atoms with van der Waals surface area (Å²) in [7, 11) is 0. The van der Waals surface area contributed by atoms with E-state index in [0.29, 0.717) is 17.5 Å². The number of hydrogen-bond acceptors (Lipinski definition) is 4. The normalized spacial score (nSPS) is 11.5. The summed E-state index contributed by atoms with van der Waals surface area (Å²) in [6, 6.07) is 59.7.